The molecular formula is C18H26BF4NO. The zero-order chi connectivity index (χ0) is 19.6. The van der Waals surface area contributed by atoms with Crippen molar-refractivity contribution in [3.05, 3.63) is 47.1 Å². The van der Waals surface area contributed by atoms with E-state index in [1.165, 1.54) is 11.3 Å². The minimum Gasteiger partial charge on any atom is -0.465 e. The van der Waals surface area contributed by atoms with E-state index in [4.69, 9.17) is 4.74 Å². The topological polar surface area (TPSA) is 12.2 Å². The second kappa shape index (κ2) is 7.22. The first-order valence-electron chi connectivity index (χ1n) is 8.07. The number of nitrogens with zero attached hydrogens (tertiary/aromatic N) is 1. The van der Waals surface area contributed by atoms with Crippen molar-refractivity contribution in [1.82, 2.24) is 0 Å². The lowest BCUT2D eigenvalue weighted by molar-refractivity contribution is -0.429. The van der Waals surface area contributed by atoms with Crippen molar-refractivity contribution in [2.75, 3.05) is 7.05 Å². The Morgan fingerprint density at radius 2 is 1.28 bits per heavy atom. The maximum absolute atomic E-state index is 9.75. The van der Waals surface area contributed by atoms with Gasteiger partial charge in [-0.25, -0.2) is 4.58 Å². The molecule has 0 unspecified atom stereocenters. The van der Waals surface area contributed by atoms with Gasteiger partial charge in [-0.1, -0.05) is 41.5 Å². The molecule has 0 bridgehead atoms. The minimum absolute atomic E-state index is 0.00116. The monoisotopic (exact) mass is 359 g/mol. The molecule has 2 aliphatic heterocycles. The van der Waals surface area contributed by atoms with Crippen molar-refractivity contribution in [1.29, 1.82) is 0 Å². The van der Waals surface area contributed by atoms with E-state index in [-0.39, 0.29) is 10.8 Å². The molecule has 0 radical (unpaired) electrons. The molecule has 0 saturated heterocycles. The van der Waals surface area contributed by atoms with Crippen LogP contribution in [0.5, 0.6) is 0 Å². The molecular weight excluding hydrogens is 333 g/mol. The number of halogens is 4. The summed E-state index contributed by atoms with van der Waals surface area (Å²) >= 11 is 0. The molecule has 0 spiro atoms. The van der Waals surface area contributed by atoms with Gasteiger partial charge in [-0.3, -0.25) is 0 Å². The van der Waals surface area contributed by atoms with E-state index >= 15 is 0 Å². The van der Waals surface area contributed by atoms with E-state index in [2.05, 4.69) is 83.7 Å². The highest BCUT2D eigenvalue weighted by Crippen LogP contribution is 2.39. The number of allylic oxidation sites excluding steroid dienone is 7. The zero-order valence-electron chi connectivity index (χ0n) is 15.8. The van der Waals surface area contributed by atoms with Gasteiger partial charge in [0.15, 0.2) is 6.21 Å². The van der Waals surface area contributed by atoms with Gasteiger partial charge in [0.1, 0.15) is 18.6 Å². The van der Waals surface area contributed by atoms with E-state index in [1.807, 2.05) is 0 Å². The molecule has 0 aromatic carbocycles. The van der Waals surface area contributed by atoms with Crippen LogP contribution in [0.1, 0.15) is 41.5 Å². The highest BCUT2D eigenvalue weighted by atomic mass is 19.5. The Morgan fingerprint density at radius 1 is 0.880 bits per heavy atom. The van der Waals surface area contributed by atoms with Gasteiger partial charge in [-0.15, -0.1) is 0 Å². The average Bonchev–Trinajstić information content (AvgIpc) is 2.80. The Kier molecular flexibility index (Phi) is 6.14. The van der Waals surface area contributed by atoms with Gasteiger partial charge in [0.05, 0.1) is 5.57 Å². The summed E-state index contributed by atoms with van der Waals surface area (Å²) in [6.07, 6.45) is 10.6. The second-order valence-corrected chi connectivity index (χ2v) is 8.07. The highest BCUT2D eigenvalue weighted by molar-refractivity contribution is 6.50. The van der Waals surface area contributed by atoms with Crippen molar-refractivity contribution in [3.8, 4) is 0 Å². The van der Waals surface area contributed by atoms with Crippen LogP contribution < -0.4 is 0 Å². The predicted molar refractivity (Wildman–Crippen MR) is 94.8 cm³/mol. The molecule has 25 heavy (non-hydrogen) atoms. The van der Waals surface area contributed by atoms with Gasteiger partial charge in [-0.05, 0) is 12.2 Å². The van der Waals surface area contributed by atoms with Crippen molar-refractivity contribution >= 4 is 13.5 Å². The molecule has 0 aromatic heterocycles. The van der Waals surface area contributed by atoms with Gasteiger partial charge >= 0.3 is 7.25 Å². The highest BCUT2D eigenvalue weighted by Gasteiger charge is 2.30. The van der Waals surface area contributed by atoms with Gasteiger partial charge in [0, 0.05) is 23.0 Å². The van der Waals surface area contributed by atoms with Crippen molar-refractivity contribution < 1.29 is 26.6 Å². The largest absolute Gasteiger partial charge is 0.673 e. The Hall–Kier alpha value is -1.79. The third-order valence-electron chi connectivity index (χ3n) is 3.51. The molecule has 0 aliphatic carbocycles. The summed E-state index contributed by atoms with van der Waals surface area (Å²) in [6, 6.07) is 0. The van der Waals surface area contributed by atoms with Crippen LogP contribution in [-0.4, -0.2) is 25.1 Å². The van der Waals surface area contributed by atoms with Crippen LogP contribution in [0, 0.1) is 10.8 Å². The van der Waals surface area contributed by atoms with E-state index in [9.17, 15) is 17.3 Å². The lowest BCUT2D eigenvalue weighted by atomic mass is 9.87. The Balaban J connectivity index is 0.000000550. The molecule has 2 rings (SSSR count). The molecule has 0 fully saturated rings. The second-order valence-electron chi connectivity index (χ2n) is 8.07. The molecule has 0 saturated carbocycles. The molecule has 7 heteroatoms. The number of ether oxygens (including phenoxy) is 1. The van der Waals surface area contributed by atoms with Crippen LogP contribution in [-0.2, 0) is 4.74 Å². The zero-order valence-corrected chi connectivity index (χ0v) is 15.8. The number of hydrogen-bond acceptors (Lipinski definition) is 1. The van der Waals surface area contributed by atoms with Crippen LogP contribution >= 0.6 is 0 Å². The van der Waals surface area contributed by atoms with Gasteiger partial charge < -0.3 is 22.0 Å². The third-order valence-corrected chi connectivity index (χ3v) is 3.51. The molecule has 0 N–H and O–H groups in total. The molecule has 0 amide bonds. The lowest BCUT2D eigenvalue weighted by Gasteiger charge is -2.32. The lowest BCUT2D eigenvalue weighted by Crippen LogP contribution is -2.21. The van der Waals surface area contributed by atoms with Gasteiger partial charge in [0.25, 0.3) is 0 Å². The Bertz CT molecular complexity index is 631. The van der Waals surface area contributed by atoms with Crippen LogP contribution in [0.3, 0.4) is 0 Å². The van der Waals surface area contributed by atoms with Crippen LogP contribution in [0.4, 0.5) is 17.3 Å². The minimum atomic E-state index is -6.00. The SMILES string of the molecule is C[N+]1=CC=CC1=C1C=C(C(C)(C)C)OC(C(C)(C)C)=C1.F[B-](F)(F)F. The summed E-state index contributed by atoms with van der Waals surface area (Å²) < 4.78 is 47.3. The Morgan fingerprint density at radius 3 is 1.56 bits per heavy atom. The third kappa shape index (κ3) is 6.92. The summed E-state index contributed by atoms with van der Waals surface area (Å²) in [5.41, 5.74) is 2.44. The predicted octanol–water partition coefficient (Wildman–Crippen LogP) is 5.71. The first-order chi connectivity index (χ1) is 11.1. The maximum atomic E-state index is 9.75. The molecule has 2 aliphatic rings. The smallest absolute Gasteiger partial charge is 0.465 e. The summed E-state index contributed by atoms with van der Waals surface area (Å²) in [7, 11) is -3.92. The quantitative estimate of drug-likeness (QED) is 0.306. The standard InChI is InChI=1S/C18H26NO.BF4/c1-17(2,3)15-11-13(14-9-8-10-19(14)7)12-16(20-15)18(4,5)6;2-1(3,4)5/h8-12H,1-7H3;/q+1;-1. The average molecular weight is 359 g/mol. The fraction of sp³-hybridized carbons (Fsp3) is 0.500. The van der Waals surface area contributed by atoms with E-state index in [1.54, 1.807) is 0 Å². The van der Waals surface area contributed by atoms with Crippen LogP contribution in [0.25, 0.3) is 0 Å². The first kappa shape index (κ1) is 21.3. The number of hydrogen-bond donors (Lipinski definition) is 0. The maximum Gasteiger partial charge on any atom is 0.673 e. The van der Waals surface area contributed by atoms with Crippen molar-refractivity contribution in [3.63, 3.8) is 0 Å². The summed E-state index contributed by atoms with van der Waals surface area (Å²) in [6.45, 7) is 13.1. The summed E-state index contributed by atoms with van der Waals surface area (Å²) in [4.78, 5) is 0. The van der Waals surface area contributed by atoms with Gasteiger partial charge in [0.2, 0.25) is 5.70 Å². The fourth-order valence-corrected chi connectivity index (χ4v) is 2.15. The van der Waals surface area contributed by atoms with E-state index < -0.39 is 7.25 Å². The fourth-order valence-electron chi connectivity index (χ4n) is 2.15. The van der Waals surface area contributed by atoms with Crippen molar-refractivity contribution in [2.24, 2.45) is 10.8 Å². The Labute approximate surface area is 147 Å². The van der Waals surface area contributed by atoms with Crippen molar-refractivity contribution in [2.45, 2.75) is 41.5 Å². The normalized spacial score (nSPS) is 18.1. The number of likely N-dealkylation sites (N-methyl/N-ethyl adjacent to an activating group) is 1. The first-order valence-corrected chi connectivity index (χ1v) is 8.07. The van der Waals surface area contributed by atoms with E-state index in [0.717, 1.165) is 11.5 Å². The number of rotatable bonds is 0. The van der Waals surface area contributed by atoms with Gasteiger partial charge in [-0.2, -0.15) is 0 Å². The van der Waals surface area contributed by atoms with Crippen LogP contribution in [0.2, 0.25) is 0 Å². The summed E-state index contributed by atoms with van der Waals surface area (Å²) in [5, 5.41) is 0. The molecule has 0 atom stereocenters. The molecule has 2 heterocycles. The van der Waals surface area contributed by atoms with Crippen LogP contribution in [0.15, 0.2) is 47.1 Å². The summed E-state index contributed by atoms with van der Waals surface area (Å²) in [5.74, 6) is 2.06. The molecule has 0 aromatic rings. The van der Waals surface area contributed by atoms with E-state index in [0.29, 0.717) is 0 Å². The molecule has 140 valence electrons. The molecule has 2 nitrogen and oxygen atoms in total.